The molecular formula is C19H29N3O2. The molecule has 5 nitrogen and oxygen atoms in total. The summed E-state index contributed by atoms with van der Waals surface area (Å²) in [7, 11) is 0. The summed E-state index contributed by atoms with van der Waals surface area (Å²) in [6.45, 7) is 11.6. The Labute approximate surface area is 145 Å². The van der Waals surface area contributed by atoms with Crippen molar-refractivity contribution in [3.8, 4) is 0 Å². The van der Waals surface area contributed by atoms with Crippen LogP contribution in [0.3, 0.4) is 0 Å². The molecule has 0 aromatic heterocycles. The van der Waals surface area contributed by atoms with Crippen molar-refractivity contribution < 1.29 is 9.59 Å². The summed E-state index contributed by atoms with van der Waals surface area (Å²) in [5.74, 6) is -0.308. The van der Waals surface area contributed by atoms with Gasteiger partial charge in [-0.15, -0.1) is 0 Å². The van der Waals surface area contributed by atoms with Crippen LogP contribution in [0.1, 0.15) is 39.3 Å². The summed E-state index contributed by atoms with van der Waals surface area (Å²) in [4.78, 5) is 29.6. The number of benzene rings is 1. The summed E-state index contributed by atoms with van der Waals surface area (Å²) in [5, 5.41) is 2.98. The second-order valence-electron chi connectivity index (χ2n) is 6.96. The van der Waals surface area contributed by atoms with Crippen molar-refractivity contribution in [1.82, 2.24) is 15.1 Å². The fourth-order valence-electron chi connectivity index (χ4n) is 2.96. The van der Waals surface area contributed by atoms with Crippen molar-refractivity contribution in [2.45, 2.75) is 33.7 Å². The van der Waals surface area contributed by atoms with Crippen LogP contribution in [-0.2, 0) is 9.59 Å². The molecule has 0 radical (unpaired) electrons. The first-order valence-electron chi connectivity index (χ1n) is 8.74. The predicted molar refractivity (Wildman–Crippen MR) is 95.5 cm³/mol. The number of amides is 2. The average Bonchev–Trinajstić information content (AvgIpc) is 2.61. The van der Waals surface area contributed by atoms with Crippen LogP contribution in [0, 0.1) is 5.41 Å². The number of hydrogen-bond acceptors (Lipinski definition) is 3. The lowest BCUT2D eigenvalue weighted by Gasteiger charge is -2.38. The van der Waals surface area contributed by atoms with E-state index in [1.54, 1.807) is 13.8 Å². The van der Waals surface area contributed by atoms with Crippen LogP contribution in [-0.4, -0.2) is 54.3 Å². The van der Waals surface area contributed by atoms with Crippen LogP contribution in [0.5, 0.6) is 0 Å². The van der Waals surface area contributed by atoms with Gasteiger partial charge in [-0.25, -0.2) is 0 Å². The predicted octanol–water partition coefficient (Wildman–Crippen LogP) is 2.05. The van der Waals surface area contributed by atoms with Crippen LogP contribution >= 0.6 is 0 Å². The number of nitrogens with one attached hydrogen (secondary N) is 1. The highest BCUT2D eigenvalue weighted by atomic mass is 16.2. The Morgan fingerprint density at radius 2 is 1.71 bits per heavy atom. The van der Waals surface area contributed by atoms with Crippen molar-refractivity contribution in [3.05, 3.63) is 35.9 Å². The van der Waals surface area contributed by atoms with E-state index in [9.17, 15) is 9.59 Å². The van der Waals surface area contributed by atoms with Crippen molar-refractivity contribution in [2.24, 2.45) is 5.41 Å². The highest BCUT2D eigenvalue weighted by Gasteiger charge is 2.40. The molecule has 1 heterocycles. The maximum atomic E-state index is 12.8. The summed E-state index contributed by atoms with van der Waals surface area (Å²) >= 11 is 0. The highest BCUT2D eigenvalue weighted by molar-refractivity contribution is 6.04. The molecule has 1 unspecified atom stereocenters. The second-order valence-corrected chi connectivity index (χ2v) is 6.96. The van der Waals surface area contributed by atoms with Gasteiger partial charge < -0.3 is 15.1 Å². The molecule has 0 aliphatic carbocycles. The van der Waals surface area contributed by atoms with Crippen molar-refractivity contribution >= 4 is 11.8 Å². The number of rotatable bonds is 5. The first kappa shape index (κ1) is 18.5. The Hall–Kier alpha value is -1.88. The Morgan fingerprint density at radius 1 is 1.12 bits per heavy atom. The first-order chi connectivity index (χ1) is 11.4. The van der Waals surface area contributed by atoms with Gasteiger partial charge in [0.05, 0.1) is 6.04 Å². The van der Waals surface area contributed by atoms with Gasteiger partial charge in [0.2, 0.25) is 11.8 Å². The average molecular weight is 331 g/mol. The number of piperazine rings is 1. The molecule has 1 saturated heterocycles. The zero-order valence-electron chi connectivity index (χ0n) is 15.2. The highest BCUT2D eigenvalue weighted by Crippen LogP contribution is 2.22. The van der Waals surface area contributed by atoms with E-state index in [0.29, 0.717) is 13.1 Å². The molecule has 132 valence electrons. The van der Waals surface area contributed by atoms with Gasteiger partial charge in [-0.05, 0) is 32.9 Å². The molecule has 1 aromatic carbocycles. The largest absolute Gasteiger partial charge is 0.349 e. The van der Waals surface area contributed by atoms with Gasteiger partial charge in [-0.2, -0.15) is 0 Å². The molecule has 0 bridgehead atoms. The van der Waals surface area contributed by atoms with E-state index >= 15 is 0 Å². The minimum absolute atomic E-state index is 0.0870. The van der Waals surface area contributed by atoms with Crippen LogP contribution < -0.4 is 5.32 Å². The molecule has 2 amide bonds. The van der Waals surface area contributed by atoms with E-state index in [1.807, 2.05) is 42.2 Å². The van der Waals surface area contributed by atoms with Gasteiger partial charge in [0.15, 0.2) is 0 Å². The quantitative estimate of drug-likeness (QED) is 0.840. The van der Waals surface area contributed by atoms with Gasteiger partial charge in [0, 0.05) is 26.2 Å². The summed E-state index contributed by atoms with van der Waals surface area (Å²) in [5.41, 5.74) is -0.0251. The number of hydrogen-bond donors (Lipinski definition) is 1. The number of carbonyl (C=O) groups excluding carboxylic acids is 2. The van der Waals surface area contributed by atoms with E-state index in [4.69, 9.17) is 0 Å². The molecule has 0 spiro atoms. The number of likely N-dealkylation sites (N-methyl/N-ethyl adjacent to an activating group) is 1. The number of carbonyl (C=O) groups is 2. The normalized spacial score (nSPS) is 17.4. The zero-order chi connectivity index (χ0) is 17.7. The lowest BCUT2D eigenvalue weighted by Crippen LogP contribution is -2.55. The molecule has 1 fully saturated rings. The van der Waals surface area contributed by atoms with Crippen molar-refractivity contribution in [3.63, 3.8) is 0 Å². The molecule has 1 atom stereocenters. The Morgan fingerprint density at radius 3 is 2.25 bits per heavy atom. The van der Waals surface area contributed by atoms with Gasteiger partial charge in [-0.1, -0.05) is 37.3 Å². The van der Waals surface area contributed by atoms with E-state index in [0.717, 1.165) is 25.2 Å². The van der Waals surface area contributed by atoms with Crippen LogP contribution in [0.4, 0.5) is 0 Å². The third-order valence-corrected chi connectivity index (χ3v) is 4.86. The molecule has 1 N–H and O–H groups in total. The van der Waals surface area contributed by atoms with Gasteiger partial charge >= 0.3 is 0 Å². The molecule has 24 heavy (non-hydrogen) atoms. The Bertz CT molecular complexity index is 563. The lowest BCUT2D eigenvalue weighted by atomic mass is 9.89. The monoisotopic (exact) mass is 331 g/mol. The van der Waals surface area contributed by atoms with Gasteiger partial charge in [0.1, 0.15) is 5.41 Å². The van der Waals surface area contributed by atoms with Gasteiger partial charge in [0.25, 0.3) is 0 Å². The topological polar surface area (TPSA) is 52.7 Å². The SMILES string of the molecule is CCN1CCN(C(=O)C(C)(C)C(=O)NC(C)c2ccccc2)CC1. The molecule has 1 aliphatic heterocycles. The van der Waals surface area contributed by atoms with Crippen molar-refractivity contribution in [1.29, 1.82) is 0 Å². The fraction of sp³-hybridized carbons (Fsp3) is 0.579. The molecule has 5 heteroatoms. The first-order valence-corrected chi connectivity index (χ1v) is 8.74. The van der Waals surface area contributed by atoms with Crippen LogP contribution in [0.2, 0.25) is 0 Å². The van der Waals surface area contributed by atoms with E-state index in [1.165, 1.54) is 0 Å². The zero-order valence-corrected chi connectivity index (χ0v) is 15.2. The molecular weight excluding hydrogens is 302 g/mol. The Kier molecular flexibility index (Phi) is 5.99. The summed E-state index contributed by atoms with van der Waals surface area (Å²) < 4.78 is 0. The minimum atomic E-state index is -1.06. The minimum Gasteiger partial charge on any atom is -0.349 e. The Balaban J connectivity index is 1.98. The lowest BCUT2D eigenvalue weighted by molar-refractivity contribution is -0.150. The summed E-state index contributed by atoms with van der Waals surface area (Å²) in [6.07, 6.45) is 0. The van der Waals surface area contributed by atoms with Crippen molar-refractivity contribution in [2.75, 3.05) is 32.7 Å². The fourth-order valence-corrected chi connectivity index (χ4v) is 2.96. The molecule has 0 saturated carbocycles. The van der Waals surface area contributed by atoms with E-state index in [-0.39, 0.29) is 17.9 Å². The number of nitrogens with zero attached hydrogens (tertiary/aromatic N) is 2. The molecule has 2 rings (SSSR count). The van der Waals surface area contributed by atoms with Gasteiger partial charge in [-0.3, -0.25) is 9.59 Å². The third kappa shape index (κ3) is 4.15. The standard InChI is InChI=1S/C19H29N3O2/c1-5-21-11-13-22(14-12-21)18(24)19(3,4)17(23)20-15(2)16-9-7-6-8-10-16/h6-10,15H,5,11-14H2,1-4H3,(H,20,23). The van der Waals surface area contributed by atoms with Crippen LogP contribution in [0.15, 0.2) is 30.3 Å². The van der Waals surface area contributed by atoms with Crippen LogP contribution in [0.25, 0.3) is 0 Å². The van der Waals surface area contributed by atoms with E-state index < -0.39 is 5.41 Å². The molecule has 1 aliphatic rings. The summed E-state index contributed by atoms with van der Waals surface area (Å²) in [6, 6.07) is 9.67. The third-order valence-electron chi connectivity index (χ3n) is 4.86. The maximum Gasteiger partial charge on any atom is 0.237 e. The smallest absolute Gasteiger partial charge is 0.237 e. The molecule has 1 aromatic rings. The van der Waals surface area contributed by atoms with E-state index in [2.05, 4.69) is 17.1 Å². The second kappa shape index (κ2) is 7.79. The maximum absolute atomic E-state index is 12.8.